The molecule has 0 saturated heterocycles. The van der Waals surface area contributed by atoms with Crippen molar-refractivity contribution in [3.63, 3.8) is 0 Å². The molecule has 1 aromatic carbocycles. The first-order valence-electron chi connectivity index (χ1n) is 6.88. The number of anilines is 1. The average Bonchev–Trinajstić information content (AvgIpc) is 2.76. The molecule has 0 spiro atoms. The Kier molecular flexibility index (Phi) is 5.59. The number of aryl methyl sites for hydroxylation is 1. The Morgan fingerprint density at radius 1 is 1.21 bits per heavy atom. The van der Waals surface area contributed by atoms with E-state index in [1.54, 1.807) is 0 Å². The highest BCUT2D eigenvalue weighted by molar-refractivity contribution is 5.96. The molecule has 0 fully saturated rings. The Bertz CT molecular complexity index is 746. The molecule has 2 aromatic rings. The van der Waals surface area contributed by atoms with Crippen LogP contribution in [0, 0.1) is 12.3 Å². The number of nitrogens with zero attached hydrogens (tertiary/aromatic N) is 1. The number of alkyl halides is 3. The van der Waals surface area contributed by atoms with Crippen LogP contribution in [-0.4, -0.2) is 33.1 Å². The Morgan fingerprint density at radius 2 is 1.75 bits per heavy atom. The number of carboxylic acids is 1. The predicted molar refractivity (Wildman–Crippen MR) is 82.6 cm³/mol. The van der Waals surface area contributed by atoms with Crippen LogP contribution in [0.15, 0.2) is 18.2 Å². The number of carbonyl (C=O) groups is 2. The van der Waals surface area contributed by atoms with Crippen molar-refractivity contribution < 1.29 is 27.9 Å². The van der Waals surface area contributed by atoms with Gasteiger partial charge in [-0.2, -0.15) is 13.2 Å². The molecule has 2 rings (SSSR count). The number of H-pyrrole nitrogens is 1. The van der Waals surface area contributed by atoms with E-state index in [4.69, 9.17) is 9.90 Å². The van der Waals surface area contributed by atoms with Gasteiger partial charge in [0, 0.05) is 11.1 Å². The largest absolute Gasteiger partial charge is 0.490 e. The van der Waals surface area contributed by atoms with E-state index in [2.05, 4.69) is 15.3 Å². The second-order valence-corrected chi connectivity index (χ2v) is 6.06. The topological polar surface area (TPSA) is 95.1 Å². The molecule has 0 aliphatic rings. The summed E-state index contributed by atoms with van der Waals surface area (Å²) in [6.45, 7) is 7.58. The van der Waals surface area contributed by atoms with Crippen molar-refractivity contribution in [2.75, 3.05) is 5.32 Å². The van der Waals surface area contributed by atoms with Gasteiger partial charge in [-0.15, -0.1) is 0 Å². The lowest BCUT2D eigenvalue weighted by atomic mass is 9.95. The molecule has 0 radical (unpaired) electrons. The van der Waals surface area contributed by atoms with Crippen LogP contribution < -0.4 is 5.32 Å². The summed E-state index contributed by atoms with van der Waals surface area (Å²) < 4.78 is 31.7. The Hall–Kier alpha value is -2.58. The van der Waals surface area contributed by atoms with E-state index in [9.17, 15) is 18.0 Å². The molecule has 24 heavy (non-hydrogen) atoms. The third-order valence-corrected chi connectivity index (χ3v) is 2.78. The molecule has 0 aliphatic heterocycles. The number of aromatic nitrogens is 2. The minimum atomic E-state index is -5.08. The van der Waals surface area contributed by atoms with Gasteiger partial charge in [0.15, 0.2) is 0 Å². The minimum Gasteiger partial charge on any atom is -0.475 e. The molecule has 1 heterocycles. The summed E-state index contributed by atoms with van der Waals surface area (Å²) in [6.07, 6.45) is -5.08. The van der Waals surface area contributed by atoms with Crippen LogP contribution in [-0.2, 0) is 9.59 Å². The van der Waals surface area contributed by atoms with Gasteiger partial charge in [0.2, 0.25) is 5.91 Å². The third kappa shape index (κ3) is 5.56. The first-order chi connectivity index (χ1) is 10.8. The van der Waals surface area contributed by atoms with Gasteiger partial charge in [-0.1, -0.05) is 20.8 Å². The van der Waals surface area contributed by atoms with Crippen molar-refractivity contribution in [1.29, 1.82) is 0 Å². The van der Waals surface area contributed by atoms with Gasteiger partial charge in [0.25, 0.3) is 0 Å². The summed E-state index contributed by atoms with van der Waals surface area (Å²) in [5.41, 5.74) is 2.25. The number of fused-ring (bicyclic) bond motifs is 1. The molecular weight excluding hydrogens is 327 g/mol. The van der Waals surface area contributed by atoms with Crippen LogP contribution >= 0.6 is 0 Å². The summed E-state index contributed by atoms with van der Waals surface area (Å²) in [5, 5.41) is 10.0. The molecule has 1 aromatic heterocycles. The fraction of sp³-hybridized carbons (Fsp3) is 0.400. The average molecular weight is 345 g/mol. The molecule has 0 saturated carbocycles. The highest BCUT2D eigenvalue weighted by atomic mass is 19.4. The monoisotopic (exact) mass is 345 g/mol. The summed E-state index contributed by atoms with van der Waals surface area (Å²) in [5.74, 6) is -1.88. The molecule has 0 aliphatic carbocycles. The van der Waals surface area contributed by atoms with Crippen LogP contribution in [0.3, 0.4) is 0 Å². The van der Waals surface area contributed by atoms with Crippen LogP contribution in [0.5, 0.6) is 0 Å². The summed E-state index contributed by atoms with van der Waals surface area (Å²) >= 11 is 0. The number of nitrogens with one attached hydrogen (secondary N) is 2. The molecular formula is C15H18F3N3O3. The van der Waals surface area contributed by atoms with Crippen LogP contribution in [0.25, 0.3) is 11.0 Å². The van der Waals surface area contributed by atoms with Crippen LogP contribution in [0.2, 0.25) is 0 Å². The number of hydrogen-bond donors (Lipinski definition) is 3. The predicted octanol–water partition coefficient (Wildman–Crippen LogP) is 3.49. The van der Waals surface area contributed by atoms with Gasteiger partial charge < -0.3 is 15.4 Å². The molecule has 9 heteroatoms. The highest BCUT2D eigenvalue weighted by Crippen LogP contribution is 2.20. The molecule has 1 amide bonds. The van der Waals surface area contributed by atoms with Crippen molar-refractivity contribution in [3.8, 4) is 0 Å². The second kappa shape index (κ2) is 6.90. The number of rotatable bonds is 1. The van der Waals surface area contributed by atoms with E-state index in [1.165, 1.54) is 0 Å². The zero-order valence-electron chi connectivity index (χ0n) is 13.6. The highest BCUT2D eigenvalue weighted by Gasteiger charge is 2.38. The van der Waals surface area contributed by atoms with Crippen LogP contribution in [0.1, 0.15) is 26.6 Å². The normalized spacial score (nSPS) is 11.6. The standard InChI is InChI=1S/C13H17N3O.C2HF3O2/c1-8-14-10-6-5-9(7-11(10)15-8)16-12(17)13(2,3)4;3-2(4,5)1(6)7/h5-7H,1-4H3,(H,14,15)(H,16,17);(H,6,7). The number of benzene rings is 1. The van der Waals surface area contributed by atoms with Gasteiger partial charge in [0.05, 0.1) is 11.0 Å². The van der Waals surface area contributed by atoms with Gasteiger partial charge >= 0.3 is 12.1 Å². The maximum atomic E-state index is 11.8. The van der Waals surface area contributed by atoms with E-state index >= 15 is 0 Å². The molecule has 6 nitrogen and oxygen atoms in total. The number of amides is 1. The van der Waals surface area contributed by atoms with E-state index < -0.39 is 17.6 Å². The number of aliphatic carboxylic acids is 1. The SMILES string of the molecule is Cc1nc2ccc(NC(=O)C(C)(C)C)cc2[nH]1.O=C(O)C(F)(F)F. The van der Waals surface area contributed by atoms with Crippen molar-refractivity contribution in [2.24, 2.45) is 5.41 Å². The zero-order chi connectivity index (χ0) is 18.7. The van der Waals surface area contributed by atoms with Crippen molar-refractivity contribution in [3.05, 3.63) is 24.0 Å². The first kappa shape index (κ1) is 19.5. The number of carbonyl (C=O) groups excluding carboxylic acids is 1. The lowest BCUT2D eigenvalue weighted by Crippen LogP contribution is -2.27. The first-order valence-corrected chi connectivity index (χ1v) is 6.88. The Labute approximate surface area is 136 Å². The van der Waals surface area contributed by atoms with Gasteiger partial charge in [-0.25, -0.2) is 9.78 Å². The van der Waals surface area contributed by atoms with E-state index in [1.807, 2.05) is 45.9 Å². The summed E-state index contributed by atoms with van der Waals surface area (Å²) in [4.78, 5) is 28.2. The van der Waals surface area contributed by atoms with Crippen molar-refractivity contribution in [1.82, 2.24) is 9.97 Å². The molecule has 0 unspecified atom stereocenters. The zero-order valence-corrected chi connectivity index (χ0v) is 13.6. The van der Waals surface area contributed by atoms with E-state index in [0.717, 1.165) is 22.5 Å². The lowest BCUT2D eigenvalue weighted by Gasteiger charge is -2.17. The quantitative estimate of drug-likeness (QED) is 0.737. The number of aromatic amines is 1. The summed E-state index contributed by atoms with van der Waals surface area (Å²) in [6, 6.07) is 5.67. The maximum Gasteiger partial charge on any atom is 0.490 e. The van der Waals surface area contributed by atoms with Crippen LogP contribution in [0.4, 0.5) is 18.9 Å². The summed E-state index contributed by atoms with van der Waals surface area (Å²) in [7, 11) is 0. The fourth-order valence-electron chi connectivity index (χ4n) is 1.53. The third-order valence-electron chi connectivity index (χ3n) is 2.78. The number of carboxylic acid groups (broad SMARTS) is 1. The molecule has 0 atom stereocenters. The number of imidazole rings is 1. The van der Waals surface area contributed by atoms with Gasteiger partial charge in [0.1, 0.15) is 5.82 Å². The molecule has 132 valence electrons. The van der Waals surface area contributed by atoms with E-state index in [-0.39, 0.29) is 5.91 Å². The van der Waals surface area contributed by atoms with Gasteiger partial charge in [-0.05, 0) is 25.1 Å². The molecule has 0 bridgehead atoms. The lowest BCUT2D eigenvalue weighted by molar-refractivity contribution is -0.192. The maximum absolute atomic E-state index is 11.8. The number of halogens is 3. The minimum absolute atomic E-state index is 0.00749. The Balaban J connectivity index is 0.000000351. The number of hydrogen-bond acceptors (Lipinski definition) is 3. The molecule has 3 N–H and O–H groups in total. The Morgan fingerprint density at radius 3 is 2.21 bits per heavy atom. The smallest absolute Gasteiger partial charge is 0.475 e. The van der Waals surface area contributed by atoms with Crippen molar-refractivity contribution >= 4 is 28.6 Å². The van der Waals surface area contributed by atoms with Crippen molar-refractivity contribution in [2.45, 2.75) is 33.9 Å². The van der Waals surface area contributed by atoms with Gasteiger partial charge in [-0.3, -0.25) is 4.79 Å². The van der Waals surface area contributed by atoms with E-state index in [0.29, 0.717) is 0 Å². The second-order valence-electron chi connectivity index (χ2n) is 6.06. The fourth-order valence-corrected chi connectivity index (χ4v) is 1.53.